The summed E-state index contributed by atoms with van der Waals surface area (Å²) in [4.78, 5) is 0. The summed E-state index contributed by atoms with van der Waals surface area (Å²) in [6.45, 7) is 5.98. The van der Waals surface area contributed by atoms with Crippen LogP contribution >= 0.6 is 0 Å². The molecule has 0 aliphatic heterocycles. The summed E-state index contributed by atoms with van der Waals surface area (Å²) in [5.74, 6) is 0.854. The third-order valence-electron chi connectivity index (χ3n) is 1.77. The largest absolute Gasteiger partial charge is 0.467 e. The highest BCUT2D eigenvalue weighted by Crippen LogP contribution is 2.19. The van der Waals surface area contributed by atoms with Crippen molar-refractivity contribution >= 4 is 6.08 Å². The highest BCUT2D eigenvalue weighted by molar-refractivity contribution is 5.51. The first-order chi connectivity index (χ1) is 6.27. The van der Waals surface area contributed by atoms with Gasteiger partial charge >= 0.3 is 0 Å². The molecule has 0 saturated heterocycles. The fourth-order valence-corrected chi connectivity index (χ4v) is 1.08. The molecule has 0 spiro atoms. The maximum atomic E-state index is 5.33. The van der Waals surface area contributed by atoms with Gasteiger partial charge in [-0.15, -0.1) is 0 Å². The van der Waals surface area contributed by atoms with Gasteiger partial charge in [0.05, 0.1) is 0 Å². The van der Waals surface area contributed by atoms with E-state index in [4.69, 9.17) is 9.47 Å². The van der Waals surface area contributed by atoms with Gasteiger partial charge in [0, 0.05) is 7.11 Å². The zero-order chi connectivity index (χ0) is 9.68. The van der Waals surface area contributed by atoms with Gasteiger partial charge in [0.2, 0.25) is 0 Å². The van der Waals surface area contributed by atoms with Gasteiger partial charge in [-0.05, 0) is 30.2 Å². The van der Waals surface area contributed by atoms with E-state index in [-0.39, 0.29) is 6.79 Å². The van der Waals surface area contributed by atoms with E-state index in [1.165, 1.54) is 0 Å². The normalized spacial score (nSPS) is 9.69. The summed E-state index contributed by atoms with van der Waals surface area (Å²) in [5.41, 5.74) is 2.19. The molecule has 0 unspecified atom stereocenters. The van der Waals surface area contributed by atoms with E-state index in [0.717, 1.165) is 16.9 Å². The maximum Gasteiger partial charge on any atom is 0.188 e. The van der Waals surface area contributed by atoms with Crippen LogP contribution in [0.3, 0.4) is 0 Å². The number of methoxy groups -OCH3 is 1. The average Bonchev–Trinajstić information content (AvgIpc) is 2.16. The number of hydrogen-bond donors (Lipinski definition) is 0. The molecule has 0 bridgehead atoms. The van der Waals surface area contributed by atoms with Crippen LogP contribution in [-0.4, -0.2) is 13.9 Å². The van der Waals surface area contributed by atoms with Crippen molar-refractivity contribution in [2.24, 2.45) is 0 Å². The molecule has 0 aliphatic carbocycles. The smallest absolute Gasteiger partial charge is 0.188 e. The van der Waals surface area contributed by atoms with E-state index >= 15 is 0 Å². The van der Waals surface area contributed by atoms with Crippen LogP contribution in [0, 0.1) is 6.92 Å². The first-order valence-electron chi connectivity index (χ1n) is 4.12. The van der Waals surface area contributed by atoms with Gasteiger partial charge in [-0.3, -0.25) is 0 Å². The van der Waals surface area contributed by atoms with Crippen LogP contribution in [0.5, 0.6) is 5.75 Å². The summed E-state index contributed by atoms with van der Waals surface area (Å²) < 4.78 is 10.1. The second-order valence-corrected chi connectivity index (χ2v) is 2.78. The minimum Gasteiger partial charge on any atom is -0.467 e. The molecule has 0 amide bonds. The molecule has 0 saturated carbocycles. The Bertz CT molecular complexity index is 292. The van der Waals surface area contributed by atoms with Crippen molar-refractivity contribution in [3.63, 3.8) is 0 Å². The Morgan fingerprint density at radius 2 is 2.23 bits per heavy atom. The van der Waals surface area contributed by atoms with Gasteiger partial charge < -0.3 is 9.47 Å². The number of aryl methyl sites for hydroxylation is 1. The summed E-state index contributed by atoms with van der Waals surface area (Å²) in [5, 5.41) is 0. The number of rotatable bonds is 4. The minimum absolute atomic E-state index is 0.286. The second kappa shape index (κ2) is 4.67. The zero-order valence-corrected chi connectivity index (χ0v) is 8.04. The molecule has 0 N–H and O–H groups in total. The molecule has 1 rings (SSSR count). The molecule has 13 heavy (non-hydrogen) atoms. The lowest BCUT2D eigenvalue weighted by atomic mass is 10.1. The zero-order valence-electron chi connectivity index (χ0n) is 8.04. The minimum atomic E-state index is 0.286. The standard InChI is InChI=1S/C11H14O2/c1-4-10-5-6-11(9(2)7-10)13-8-12-3/h4-7H,1,8H2,2-3H3. The highest BCUT2D eigenvalue weighted by Gasteiger charge is 1.98. The Morgan fingerprint density at radius 3 is 2.77 bits per heavy atom. The number of benzene rings is 1. The van der Waals surface area contributed by atoms with Gasteiger partial charge in [0.25, 0.3) is 0 Å². The fraction of sp³-hybridized carbons (Fsp3) is 0.273. The summed E-state index contributed by atoms with van der Waals surface area (Å²) >= 11 is 0. The van der Waals surface area contributed by atoms with E-state index in [1.54, 1.807) is 7.11 Å². The molecule has 70 valence electrons. The monoisotopic (exact) mass is 178 g/mol. The highest BCUT2D eigenvalue weighted by atomic mass is 16.7. The van der Waals surface area contributed by atoms with E-state index in [9.17, 15) is 0 Å². The molecule has 1 aromatic carbocycles. The predicted molar refractivity (Wildman–Crippen MR) is 53.8 cm³/mol. The van der Waals surface area contributed by atoms with Crippen molar-refractivity contribution in [3.05, 3.63) is 35.9 Å². The SMILES string of the molecule is C=Cc1ccc(OCOC)c(C)c1. The third-order valence-corrected chi connectivity index (χ3v) is 1.77. The van der Waals surface area contributed by atoms with Crippen LogP contribution in [0.25, 0.3) is 6.08 Å². The van der Waals surface area contributed by atoms with Gasteiger partial charge in [-0.1, -0.05) is 18.7 Å². The van der Waals surface area contributed by atoms with Crippen molar-refractivity contribution in [2.75, 3.05) is 13.9 Å². The quantitative estimate of drug-likeness (QED) is 0.660. The molecule has 2 heteroatoms. The number of ether oxygens (including phenoxy) is 2. The Kier molecular flexibility index (Phi) is 3.53. The molecule has 0 atom stereocenters. The van der Waals surface area contributed by atoms with Gasteiger partial charge in [-0.25, -0.2) is 0 Å². The lowest BCUT2D eigenvalue weighted by Gasteiger charge is -2.07. The van der Waals surface area contributed by atoms with Crippen LogP contribution in [0.2, 0.25) is 0 Å². The second-order valence-electron chi connectivity index (χ2n) is 2.78. The molecular formula is C11H14O2. The molecule has 2 nitrogen and oxygen atoms in total. The molecule has 1 aromatic rings. The van der Waals surface area contributed by atoms with Gasteiger partial charge in [0.15, 0.2) is 6.79 Å². The molecule has 0 radical (unpaired) electrons. The average molecular weight is 178 g/mol. The third kappa shape index (κ3) is 2.60. The van der Waals surface area contributed by atoms with Gasteiger partial charge in [0.1, 0.15) is 5.75 Å². The fourth-order valence-electron chi connectivity index (χ4n) is 1.08. The van der Waals surface area contributed by atoms with Crippen molar-refractivity contribution in [1.29, 1.82) is 0 Å². The van der Waals surface area contributed by atoms with Crippen molar-refractivity contribution in [2.45, 2.75) is 6.92 Å². The molecule has 0 fully saturated rings. The van der Waals surface area contributed by atoms with E-state index in [2.05, 4.69) is 6.58 Å². The lowest BCUT2D eigenvalue weighted by molar-refractivity contribution is 0.0506. The van der Waals surface area contributed by atoms with E-state index < -0.39 is 0 Å². The maximum absolute atomic E-state index is 5.33. The summed E-state index contributed by atoms with van der Waals surface area (Å²) in [6, 6.07) is 5.91. The number of hydrogen-bond acceptors (Lipinski definition) is 2. The van der Waals surface area contributed by atoms with E-state index in [1.807, 2.05) is 31.2 Å². The Hall–Kier alpha value is -1.28. The van der Waals surface area contributed by atoms with Crippen LogP contribution in [0.4, 0.5) is 0 Å². The predicted octanol–water partition coefficient (Wildman–Crippen LogP) is 2.62. The van der Waals surface area contributed by atoms with Crippen molar-refractivity contribution in [1.82, 2.24) is 0 Å². The molecule has 0 heterocycles. The van der Waals surface area contributed by atoms with Crippen LogP contribution < -0.4 is 4.74 Å². The van der Waals surface area contributed by atoms with Crippen LogP contribution in [0.15, 0.2) is 24.8 Å². The Labute approximate surface area is 78.8 Å². The molecule has 0 aromatic heterocycles. The van der Waals surface area contributed by atoms with Gasteiger partial charge in [-0.2, -0.15) is 0 Å². The first-order valence-corrected chi connectivity index (χ1v) is 4.12. The lowest BCUT2D eigenvalue weighted by Crippen LogP contribution is -2.00. The van der Waals surface area contributed by atoms with Crippen molar-refractivity contribution in [3.8, 4) is 5.75 Å². The molecule has 0 aliphatic rings. The summed E-state index contributed by atoms with van der Waals surface area (Å²) in [7, 11) is 1.60. The summed E-state index contributed by atoms with van der Waals surface area (Å²) in [6.07, 6.45) is 1.81. The van der Waals surface area contributed by atoms with Crippen molar-refractivity contribution < 1.29 is 9.47 Å². The Balaban J connectivity index is 2.79. The van der Waals surface area contributed by atoms with E-state index in [0.29, 0.717) is 0 Å². The Morgan fingerprint density at radius 1 is 1.46 bits per heavy atom. The molecular weight excluding hydrogens is 164 g/mol. The van der Waals surface area contributed by atoms with Crippen LogP contribution in [0.1, 0.15) is 11.1 Å². The van der Waals surface area contributed by atoms with Crippen LogP contribution in [-0.2, 0) is 4.74 Å². The first kappa shape index (κ1) is 9.81. The topological polar surface area (TPSA) is 18.5 Å².